The number of benzene rings is 4. The van der Waals surface area contributed by atoms with Gasteiger partial charge in [0.15, 0.2) is 0 Å². The predicted molar refractivity (Wildman–Crippen MR) is 244 cm³/mol. The third kappa shape index (κ3) is 12.4. The van der Waals surface area contributed by atoms with E-state index < -0.39 is 23.9 Å². The first-order valence-corrected chi connectivity index (χ1v) is 23.6. The van der Waals surface area contributed by atoms with E-state index in [0.717, 1.165) is 103 Å². The number of ether oxygens (including phenoxy) is 4. The molecule has 0 aliphatic heterocycles. The summed E-state index contributed by atoms with van der Waals surface area (Å²) >= 11 is 0. The topological polar surface area (TPSA) is 105 Å². The highest BCUT2D eigenvalue weighted by atomic mass is 16.5. The van der Waals surface area contributed by atoms with Crippen LogP contribution in [0.1, 0.15) is 200 Å². The van der Waals surface area contributed by atoms with E-state index in [1.165, 1.54) is 0 Å². The van der Waals surface area contributed by atoms with Crippen LogP contribution >= 0.6 is 0 Å². The van der Waals surface area contributed by atoms with Gasteiger partial charge in [0.25, 0.3) is 0 Å². The summed E-state index contributed by atoms with van der Waals surface area (Å²) in [7, 11) is 0. The maximum atomic E-state index is 14.2. The number of hydrogen-bond acceptors (Lipinski definition) is 8. The molecule has 4 atom stereocenters. The van der Waals surface area contributed by atoms with Crippen molar-refractivity contribution in [3.8, 4) is 0 Å². The molecule has 8 nitrogen and oxygen atoms in total. The van der Waals surface area contributed by atoms with Gasteiger partial charge in [0.1, 0.15) is 0 Å². The zero-order valence-electron chi connectivity index (χ0n) is 38.2. The zero-order valence-corrected chi connectivity index (χ0v) is 38.2. The number of rotatable bonds is 28. The Hall–Kier alpha value is -4.20. The van der Waals surface area contributed by atoms with Crippen LogP contribution in [0.2, 0.25) is 0 Å². The Bertz CT molecular complexity index is 1710. The lowest BCUT2D eigenvalue weighted by Crippen LogP contribution is -2.18. The molecule has 0 aliphatic rings. The highest BCUT2D eigenvalue weighted by molar-refractivity contribution is 6.32. The molecule has 0 saturated carbocycles. The Morgan fingerprint density at radius 2 is 0.600 bits per heavy atom. The summed E-state index contributed by atoms with van der Waals surface area (Å²) < 4.78 is 24.1. The molecule has 0 N–H and O–H groups in total. The molecule has 4 aromatic rings. The van der Waals surface area contributed by atoms with E-state index in [0.29, 0.717) is 32.3 Å². The summed E-state index contributed by atoms with van der Waals surface area (Å²) in [4.78, 5) is 56.9. The number of carbonyl (C=O) groups excluding carboxylic acids is 4. The van der Waals surface area contributed by atoms with Crippen LogP contribution in [0.25, 0.3) is 32.3 Å². The van der Waals surface area contributed by atoms with Crippen LogP contribution in [0.5, 0.6) is 0 Å². The normalized spacial score (nSPS) is 13.7. The van der Waals surface area contributed by atoms with Gasteiger partial charge in [-0.1, -0.05) is 157 Å². The fraction of sp³-hybridized carbons (Fsp3) is 0.615. The van der Waals surface area contributed by atoms with E-state index in [-0.39, 0.29) is 72.4 Å². The van der Waals surface area contributed by atoms with Gasteiger partial charge in [0.05, 0.1) is 48.7 Å². The lowest BCUT2D eigenvalue weighted by Gasteiger charge is -2.21. The molecule has 0 saturated heterocycles. The molecule has 0 aromatic heterocycles. The summed E-state index contributed by atoms with van der Waals surface area (Å²) in [6.45, 7) is 18.1. The van der Waals surface area contributed by atoms with Crippen molar-refractivity contribution in [3.05, 3.63) is 58.7 Å². The molecule has 4 aromatic carbocycles. The molecule has 4 rings (SSSR count). The van der Waals surface area contributed by atoms with E-state index in [4.69, 9.17) is 18.9 Å². The Morgan fingerprint density at radius 3 is 0.783 bits per heavy atom. The fourth-order valence-electron chi connectivity index (χ4n) is 8.35. The number of hydrogen-bond donors (Lipinski definition) is 0. The quantitative estimate of drug-likeness (QED) is 0.0317. The van der Waals surface area contributed by atoms with Gasteiger partial charge in [-0.15, -0.1) is 0 Å². The van der Waals surface area contributed by atoms with Crippen molar-refractivity contribution in [3.63, 3.8) is 0 Å². The van der Waals surface area contributed by atoms with E-state index in [9.17, 15) is 19.2 Å². The van der Waals surface area contributed by atoms with Gasteiger partial charge in [-0.05, 0) is 93.8 Å². The Morgan fingerprint density at radius 1 is 0.383 bits per heavy atom. The summed E-state index contributed by atoms with van der Waals surface area (Å²) in [5, 5.41) is 3.47. The molecule has 0 radical (unpaired) electrons. The molecule has 0 bridgehead atoms. The summed E-state index contributed by atoms with van der Waals surface area (Å²) in [6.07, 6.45) is 15.8. The second-order valence-electron chi connectivity index (χ2n) is 17.1. The van der Waals surface area contributed by atoms with Crippen LogP contribution in [0, 0.1) is 23.7 Å². The van der Waals surface area contributed by atoms with Crippen molar-refractivity contribution in [2.45, 2.75) is 158 Å². The van der Waals surface area contributed by atoms with Crippen LogP contribution in [0.15, 0.2) is 36.4 Å². The fourth-order valence-corrected chi connectivity index (χ4v) is 8.35. The molecule has 0 unspecified atom stereocenters. The number of esters is 4. The van der Waals surface area contributed by atoms with E-state index in [1.807, 2.05) is 24.3 Å². The van der Waals surface area contributed by atoms with Crippen LogP contribution in [-0.4, -0.2) is 50.3 Å². The average Bonchev–Trinajstić information content (AvgIpc) is 3.27. The van der Waals surface area contributed by atoms with Gasteiger partial charge in [-0.3, -0.25) is 0 Å². The number of carbonyl (C=O) groups is 4. The minimum atomic E-state index is -0.527. The Kier molecular flexibility index (Phi) is 20.1. The van der Waals surface area contributed by atoms with Crippen LogP contribution < -0.4 is 0 Å². The van der Waals surface area contributed by atoms with E-state index in [2.05, 4.69) is 55.4 Å². The van der Waals surface area contributed by atoms with Crippen molar-refractivity contribution in [2.24, 2.45) is 23.7 Å². The monoisotopic (exact) mass is 827 g/mol. The zero-order chi connectivity index (χ0) is 43.6. The molecule has 0 spiro atoms. The van der Waals surface area contributed by atoms with Crippen molar-refractivity contribution >= 4 is 56.2 Å². The summed E-state index contributed by atoms with van der Waals surface area (Å²) in [5.41, 5.74) is 0.973. The summed E-state index contributed by atoms with van der Waals surface area (Å²) in [6, 6.07) is 10.5. The van der Waals surface area contributed by atoms with Crippen molar-refractivity contribution in [1.29, 1.82) is 0 Å². The van der Waals surface area contributed by atoms with Gasteiger partial charge < -0.3 is 18.9 Å². The summed E-state index contributed by atoms with van der Waals surface area (Å²) in [5.74, 6) is -1.23. The van der Waals surface area contributed by atoms with Gasteiger partial charge in [-0.25, -0.2) is 19.2 Å². The molecule has 0 aliphatic carbocycles. The first-order valence-electron chi connectivity index (χ1n) is 23.6. The first-order chi connectivity index (χ1) is 29.1. The van der Waals surface area contributed by atoms with Gasteiger partial charge in [0, 0.05) is 0 Å². The molecule has 330 valence electrons. The molecule has 8 heteroatoms. The average molecular weight is 827 g/mol. The minimum absolute atomic E-state index is 0.220. The van der Waals surface area contributed by atoms with Crippen LogP contribution in [-0.2, 0) is 18.9 Å². The third-order valence-corrected chi connectivity index (χ3v) is 12.8. The maximum Gasteiger partial charge on any atom is 0.338 e. The molecule has 60 heavy (non-hydrogen) atoms. The molecular weight excluding hydrogens is 753 g/mol. The molecule has 0 heterocycles. The minimum Gasteiger partial charge on any atom is -0.462 e. The predicted octanol–water partition coefficient (Wildman–Crippen LogP) is 14.1. The lowest BCUT2D eigenvalue weighted by molar-refractivity contribution is 0.0411. The molecule has 0 amide bonds. The van der Waals surface area contributed by atoms with Gasteiger partial charge in [-0.2, -0.15) is 0 Å². The third-order valence-electron chi connectivity index (χ3n) is 12.8. The Labute approximate surface area is 360 Å². The van der Waals surface area contributed by atoms with Crippen molar-refractivity contribution in [1.82, 2.24) is 0 Å². The SMILES string of the molecule is CCCC[C@@H](CC)COC(=O)c1cc(C(=O)OC[C@H](CC)CCCC)c2ccc3c(C(=O)OC[C@H](CC)CCCC)cc(C(=O)OC[C@H](CC)CCCC)c4ccc1c2c43. The van der Waals surface area contributed by atoms with Crippen LogP contribution in [0.4, 0.5) is 0 Å². The largest absolute Gasteiger partial charge is 0.462 e. The second kappa shape index (κ2) is 24.9. The highest BCUT2D eigenvalue weighted by Crippen LogP contribution is 2.42. The highest BCUT2D eigenvalue weighted by Gasteiger charge is 2.28. The second-order valence-corrected chi connectivity index (χ2v) is 17.1. The molecular formula is C52H74O8. The maximum absolute atomic E-state index is 14.2. The van der Waals surface area contributed by atoms with Crippen LogP contribution in [0.3, 0.4) is 0 Å². The Balaban J connectivity index is 1.95. The lowest BCUT2D eigenvalue weighted by atomic mass is 9.86. The number of unbranched alkanes of at least 4 members (excludes halogenated alkanes) is 4. The van der Waals surface area contributed by atoms with Gasteiger partial charge in [0.2, 0.25) is 0 Å². The first kappa shape index (κ1) is 48.5. The van der Waals surface area contributed by atoms with Gasteiger partial charge >= 0.3 is 23.9 Å². The standard InChI is InChI=1S/C52H74O8/c1-9-17-21-35(13-5)31-57-49(53)43-29-44(50(54)58-32-36(14-6)22-18-10-2)40-27-28-42-46(52(56)60-34-38(16-8)24-20-12-4)30-45(41-26-25-39(43)47(40)48(41)42)51(55)59-33-37(15-7)23-19-11-3/h25-30,35-38H,9-24,31-34H2,1-8H3/t35-,36-,37-,38-/m1/s1. The molecule has 0 fully saturated rings. The van der Waals surface area contributed by atoms with Crippen molar-refractivity contribution in [2.75, 3.05) is 26.4 Å². The smallest absolute Gasteiger partial charge is 0.338 e. The van der Waals surface area contributed by atoms with E-state index in [1.54, 1.807) is 12.1 Å². The van der Waals surface area contributed by atoms with Crippen molar-refractivity contribution < 1.29 is 38.1 Å². The van der Waals surface area contributed by atoms with E-state index >= 15 is 0 Å².